The van der Waals surface area contributed by atoms with Crippen LogP contribution in [-0.4, -0.2) is 48.8 Å². The second-order valence-corrected chi connectivity index (χ2v) is 5.43. The number of esters is 1. The van der Waals surface area contributed by atoms with Gasteiger partial charge in [-0.15, -0.1) is 0 Å². The number of epoxide rings is 1. The van der Waals surface area contributed by atoms with Crippen molar-refractivity contribution >= 4 is 17.6 Å². The van der Waals surface area contributed by atoms with Crippen LogP contribution in [0.15, 0.2) is 0 Å². The summed E-state index contributed by atoms with van der Waals surface area (Å²) in [5, 5.41) is -1.23. The molecular weight excluding hydrogens is 230 g/mol. The molecule has 2 aliphatic rings. The Morgan fingerprint density at radius 2 is 2.25 bits per heavy atom. The Labute approximate surface area is 101 Å². The van der Waals surface area contributed by atoms with Crippen LogP contribution in [0.1, 0.15) is 25.7 Å². The monoisotopic (exact) mass is 247 g/mol. The van der Waals surface area contributed by atoms with Crippen LogP contribution in [0.4, 0.5) is 0 Å². The number of ether oxygens (including phenoxy) is 2. The Bertz CT molecular complexity index is 310. The number of nitrogens with zero attached hydrogens (tertiary/aromatic N) is 1. The highest BCUT2D eigenvalue weighted by molar-refractivity contribution is 6.36. The minimum atomic E-state index is -1.23. The van der Waals surface area contributed by atoms with Gasteiger partial charge in [0.1, 0.15) is 5.60 Å². The van der Waals surface area contributed by atoms with Gasteiger partial charge in [0.05, 0.1) is 7.11 Å². The van der Waals surface area contributed by atoms with E-state index in [1.165, 1.54) is 7.11 Å². The Morgan fingerprint density at radius 1 is 1.56 bits per heavy atom. The largest absolute Gasteiger partial charge is 0.466 e. The van der Waals surface area contributed by atoms with Gasteiger partial charge in [0.15, 0.2) is 0 Å². The van der Waals surface area contributed by atoms with Crippen molar-refractivity contribution in [2.75, 3.05) is 21.2 Å². The summed E-state index contributed by atoms with van der Waals surface area (Å²) in [4.78, 5) is 13.7. The van der Waals surface area contributed by atoms with Crippen LogP contribution < -0.4 is 0 Å². The molecule has 0 amide bonds. The van der Waals surface area contributed by atoms with Gasteiger partial charge < -0.3 is 14.4 Å². The van der Waals surface area contributed by atoms with Gasteiger partial charge in [0.25, 0.3) is 5.06 Å². The van der Waals surface area contributed by atoms with Gasteiger partial charge in [-0.25, -0.2) is 4.79 Å². The van der Waals surface area contributed by atoms with E-state index in [1.807, 2.05) is 14.1 Å². The molecule has 1 spiro atoms. The van der Waals surface area contributed by atoms with E-state index < -0.39 is 16.6 Å². The summed E-state index contributed by atoms with van der Waals surface area (Å²) in [5.74, 6) is -0.464. The van der Waals surface area contributed by atoms with Crippen molar-refractivity contribution in [2.24, 2.45) is 0 Å². The van der Waals surface area contributed by atoms with Crippen LogP contribution in [0, 0.1) is 0 Å². The van der Waals surface area contributed by atoms with E-state index in [9.17, 15) is 4.79 Å². The Hall–Kier alpha value is -0.320. The van der Waals surface area contributed by atoms with E-state index >= 15 is 0 Å². The predicted octanol–water partition coefficient (Wildman–Crippen LogP) is 1.37. The summed E-state index contributed by atoms with van der Waals surface area (Å²) >= 11 is 6.19. The van der Waals surface area contributed by atoms with Crippen molar-refractivity contribution in [3.63, 3.8) is 0 Å². The molecule has 0 bridgehead atoms. The van der Waals surface area contributed by atoms with Crippen LogP contribution in [-0.2, 0) is 14.3 Å². The van der Waals surface area contributed by atoms with Crippen molar-refractivity contribution in [3.8, 4) is 0 Å². The first-order valence-electron chi connectivity index (χ1n) is 5.59. The van der Waals surface area contributed by atoms with Crippen LogP contribution in [0.25, 0.3) is 0 Å². The zero-order chi connectivity index (χ0) is 12.0. The quantitative estimate of drug-likeness (QED) is 0.420. The molecule has 0 N–H and O–H groups in total. The average molecular weight is 248 g/mol. The molecule has 5 heteroatoms. The zero-order valence-corrected chi connectivity index (χ0v) is 10.7. The summed E-state index contributed by atoms with van der Waals surface area (Å²) < 4.78 is 10.2. The standard InChI is InChI=1S/C11H18ClNO3/c1-13(2)8-5-4-6-10(7-8)11(12,16-10)9(14)15-3/h8H,4-7H2,1-3H3. The molecule has 2 fully saturated rings. The van der Waals surface area contributed by atoms with Gasteiger partial charge in [0, 0.05) is 6.04 Å². The number of hydrogen-bond acceptors (Lipinski definition) is 4. The molecule has 1 aliphatic heterocycles. The highest BCUT2D eigenvalue weighted by atomic mass is 35.5. The summed E-state index contributed by atoms with van der Waals surface area (Å²) in [6.07, 6.45) is 3.81. The van der Waals surface area contributed by atoms with E-state index in [0.29, 0.717) is 6.04 Å². The minimum absolute atomic E-state index is 0.430. The maximum absolute atomic E-state index is 11.6. The van der Waals surface area contributed by atoms with Crippen molar-refractivity contribution < 1.29 is 14.3 Å². The molecule has 1 saturated heterocycles. The molecule has 2 rings (SSSR count). The lowest BCUT2D eigenvalue weighted by Crippen LogP contribution is -2.41. The Balaban J connectivity index is 2.09. The fraction of sp³-hybridized carbons (Fsp3) is 0.909. The second kappa shape index (κ2) is 3.86. The predicted molar refractivity (Wildman–Crippen MR) is 60.4 cm³/mol. The number of halogens is 1. The molecule has 16 heavy (non-hydrogen) atoms. The van der Waals surface area contributed by atoms with E-state index in [0.717, 1.165) is 25.7 Å². The van der Waals surface area contributed by atoms with Gasteiger partial charge in [-0.1, -0.05) is 11.6 Å². The summed E-state index contributed by atoms with van der Waals surface area (Å²) in [6, 6.07) is 0.430. The van der Waals surface area contributed by atoms with Gasteiger partial charge in [-0.05, 0) is 39.8 Å². The number of carbonyl (C=O) groups is 1. The first-order chi connectivity index (χ1) is 7.45. The van der Waals surface area contributed by atoms with Crippen LogP contribution in [0.5, 0.6) is 0 Å². The highest BCUT2D eigenvalue weighted by Crippen LogP contribution is 2.59. The first-order valence-corrected chi connectivity index (χ1v) is 5.97. The van der Waals surface area contributed by atoms with Crippen LogP contribution in [0.3, 0.4) is 0 Å². The second-order valence-electron chi connectivity index (χ2n) is 4.90. The number of alkyl halides is 1. The number of hydrogen-bond donors (Lipinski definition) is 0. The number of methoxy groups -OCH3 is 1. The third-order valence-corrected chi connectivity index (χ3v) is 4.32. The van der Waals surface area contributed by atoms with E-state index in [2.05, 4.69) is 4.90 Å². The molecule has 3 unspecified atom stereocenters. The van der Waals surface area contributed by atoms with Crippen molar-refractivity contribution in [1.82, 2.24) is 4.90 Å². The smallest absolute Gasteiger partial charge is 0.357 e. The lowest BCUT2D eigenvalue weighted by atomic mass is 9.82. The van der Waals surface area contributed by atoms with Gasteiger partial charge in [-0.3, -0.25) is 0 Å². The minimum Gasteiger partial charge on any atom is -0.466 e. The molecular formula is C11H18ClNO3. The fourth-order valence-corrected chi connectivity index (χ4v) is 3.03. The van der Waals surface area contributed by atoms with Gasteiger partial charge in [0.2, 0.25) is 0 Å². The first kappa shape index (κ1) is 12.1. The SMILES string of the molecule is COC(=O)C1(Cl)OC12CCCC(N(C)C)C2. The zero-order valence-electron chi connectivity index (χ0n) is 9.96. The molecule has 92 valence electrons. The maximum atomic E-state index is 11.6. The Morgan fingerprint density at radius 3 is 2.81 bits per heavy atom. The molecule has 0 aromatic rings. The third kappa shape index (κ3) is 1.63. The van der Waals surface area contributed by atoms with Crippen molar-refractivity contribution in [2.45, 2.75) is 42.4 Å². The summed E-state index contributed by atoms with van der Waals surface area (Å²) in [5.41, 5.74) is -0.491. The lowest BCUT2D eigenvalue weighted by molar-refractivity contribution is -0.143. The highest BCUT2D eigenvalue weighted by Gasteiger charge is 2.75. The van der Waals surface area contributed by atoms with Gasteiger partial charge >= 0.3 is 5.97 Å². The van der Waals surface area contributed by atoms with E-state index in [-0.39, 0.29) is 0 Å². The molecule has 0 aromatic heterocycles. The molecule has 0 aromatic carbocycles. The normalized spacial score (nSPS) is 42.4. The maximum Gasteiger partial charge on any atom is 0.357 e. The molecule has 1 heterocycles. The molecule has 4 nitrogen and oxygen atoms in total. The summed E-state index contributed by atoms with van der Waals surface area (Å²) in [6.45, 7) is 0. The molecule has 3 atom stereocenters. The molecule has 1 saturated carbocycles. The molecule has 1 aliphatic carbocycles. The van der Waals surface area contributed by atoms with Crippen molar-refractivity contribution in [1.29, 1.82) is 0 Å². The third-order valence-electron chi connectivity index (χ3n) is 3.74. The van der Waals surface area contributed by atoms with E-state index in [1.54, 1.807) is 0 Å². The van der Waals surface area contributed by atoms with Crippen LogP contribution >= 0.6 is 11.6 Å². The topological polar surface area (TPSA) is 42.1 Å². The average Bonchev–Trinajstić information content (AvgIpc) is 2.83. The van der Waals surface area contributed by atoms with E-state index in [4.69, 9.17) is 21.1 Å². The summed E-state index contributed by atoms with van der Waals surface area (Å²) in [7, 11) is 5.42. The van der Waals surface area contributed by atoms with Crippen LogP contribution in [0.2, 0.25) is 0 Å². The number of carbonyl (C=O) groups excluding carboxylic acids is 1. The molecule has 0 radical (unpaired) electrons. The lowest BCUT2D eigenvalue weighted by Gasteiger charge is -2.32. The Kier molecular flexibility index (Phi) is 2.93. The van der Waals surface area contributed by atoms with Crippen molar-refractivity contribution in [3.05, 3.63) is 0 Å². The number of rotatable bonds is 2. The van der Waals surface area contributed by atoms with Gasteiger partial charge in [-0.2, -0.15) is 0 Å². The fourth-order valence-electron chi connectivity index (χ4n) is 2.64.